The molecule has 2 aromatic rings. The molecule has 1 aromatic carbocycles. The van der Waals surface area contributed by atoms with Gasteiger partial charge < -0.3 is 9.64 Å². The van der Waals surface area contributed by atoms with Gasteiger partial charge in [0, 0.05) is 11.6 Å². The summed E-state index contributed by atoms with van der Waals surface area (Å²) in [5.74, 6) is 1.00. The van der Waals surface area contributed by atoms with Gasteiger partial charge in [0.25, 0.3) is 11.8 Å². The number of carbonyl (C=O) groups excluding carboxylic acids is 1. The van der Waals surface area contributed by atoms with E-state index in [2.05, 4.69) is 10.2 Å². The molecule has 0 saturated heterocycles. The lowest BCUT2D eigenvalue weighted by Crippen LogP contribution is -2.35. The first-order chi connectivity index (χ1) is 12.1. The van der Waals surface area contributed by atoms with E-state index in [0.717, 1.165) is 12.8 Å². The van der Waals surface area contributed by atoms with Gasteiger partial charge in [-0.05, 0) is 43.0 Å². The van der Waals surface area contributed by atoms with Gasteiger partial charge in [-0.3, -0.25) is 4.79 Å². The normalized spacial score (nSPS) is 17.5. The van der Waals surface area contributed by atoms with Crippen LogP contribution in [0.2, 0.25) is 10.2 Å². The van der Waals surface area contributed by atoms with E-state index in [0.29, 0.717) is 34.5 Å². The summed E-state index contributed by atoms with van der Waals surface area (Å²) < 4.78 is 5.85. The summed E-state index contributed by atoms with van der Waals surface area (Å²) in [5, 5.41) is 8.46. The summed E-state index contributed by atoms with van der Waals surface area (Å²) >= 11 is 12.1. The molecule has 0 radical (unpaired) electrons. The van der Waals surface area contributed by atoms with Gasteiger partial charge in [-0.1, -0.05) is 42.5 Å². The van der Waals surface area contributed by atoms with Crippen LogP contribution in [-0.4, -0.2) is 22.6 Å². The largest absolute Gasteiger partial charge is 0.435 e. The first-order valence-corrected chi connectivity index (χ1v) is 9.20. The summed E-state index contributed by atoms with van der Waals surface area (Å²) in [7, 11) is 0. The number of amides is 1. The van der Waals surface area contributed by atoms with Crippen LogP contribution in [0.5, 0.6) is 11.6 Å². The standard InChI is InChI=1S/C18H17Cl2N3O2/c19-12-6-7-15-14(8-12)23(10-11-4-2-1-3-5-11)18(24)13-9-16(20)21-22-17(13)25-15/h6-9,11H,1-5,10H2. The fraction of sp³-hybridized carbons (Fsp3) is 0.389. The smallest absolute Gasteiger partial charge is 0.264 e. The maximum atomic E-state index is 13.2. The fourth-order valence-corrected chi connectivity index (χ4v) is 3.85. The Labute approximate surface area is 155 Å². The fourth-order valence-electron chi connectivity index (χ4n) is 3.54. The van der Waals surface area contributed by atoms with Crippen molar-refractivity contribution in [2.45, 2.75) is 32.1 Å². The van der Waals surface area contributed by atoms with Gasteiger partial charge in [-0.15, -0.1) is 10.2 Å². The Morgan fingerprint density at radius 2 is 1.92 bits per heavy atom. The Morgan fingerprint density at radius 3 is 2.72 bits per heavy atom. The average Bonchev–Trinajstić information content (AvgIpc) is 2.72. The number of benzene rings is 1. The Balaban J connectivity index is 1.78. The van der Waals surface area contributed by atoms with E-state index in [1.54, 1.807) is 23.1 Å². The third-order valence-electron chi connectivity index (χ3n) is 4.79. The van der Waals surface area contributed by atoms with Crippen molar-refractivity contribution < 1.29 is 9.53 Å². The van der Waals surface area contributed by atoms with Crippen LogP contribution in [0, 0.1) is 5.92 Å². The van der Waals surface area contributed by atoms with E-state index in [1.807, 2.05) is 0 Å². The van der Waals surface area contributed by atoms with Gasteiger partial charge in [-0.2, -0.15) is 0 Å². The first kappa shape index (κ1) is 16.6. The number of fused-ring (bicyclic) bond motifs is 2. The molecular formula is C18H17Cl2N3O2. The molecule has 1 aliphatic carbocycles. The average molecular weight is 378 g/mol. The number of halogens is 2. The van der Waals surface area contributed by atoms with Crippen LogP contribution in [0.1, 0.15) is 42.5 Å². The second kappa shape index (κ2) is 6.81. The highest BCUT2D eigenvalue weighted by Gasteiger charge is 2.32. The van der Waals surface area contributed by atoms with Crippen molar-refractivity contribution in [3.63, 3.8) is 0 Å². The van der Waals surface area contributed by atoms with Gasteiger partial charge in [0.15, 0.2) is 10.9 Å². The number of carbonyl (C=O) groups is 1. The molecule has 0 bridgehead atoms. The molecule has 25 heavy (non-hydrogen) atoms. The monoisotopic (exact) mass is 377 g/mol. The molecule has 130 valence electrons. The van der Waals surface area contributed by atoms with Crippen LogP contribution in [0.25, 0.3) is 0 Å². The summed E-state index contributed by atoms with van der Waals surface area (Å²) in [5.41, 5.74) is 0.986. The van der Waals surface area contributed by atoms with Crippen molar-refractivity contribution in [2.75, 3.05) is 11.4 Å². The van der Waals surface area contributed by atoms with E-state index >= 15 is 0 Å². The molecule has 0 spiro atoms. The highest BCUT2D eigenvalue weighted by atomic mass is 35.5. The minimum atomic E-state index is -0.182. The molecular weight excluding hydrogens is 361 g/mol. The van der Waals surface area contributed by atoms with E-state index < -0.39 is 0 Å². The van der Waals surface area contributed by atoms with E-state index in [4.69, 9.17) is 27.9 Å². The number of hydrogen-bond donors (Lipinski definition) is 0. The van der Waals surface area contributed by atoms with Crippen molar-refractivity contribution >= 4 is 34.8 Å². The predicted molar refractivity (Wildman–Crippen MR) is 96.8 cm³/mol. The number of ether oxygens (including phenoxy) is 1. The predicted octanol–water partition coefficient (Wildman–Crippen LogP) is 5.12. The first-order valence-electron chi connectivity index (χ1n) is 8.44. The lowest BCUT2D eigenvalue weighted by atomic mass is 9.88. The summed E-state index contributed by atoms with van der Waals surface area (Å²) in [6.07, 6.45) is 5.94. The molecule has 5 nitrogen and oxygen atoms in total. The molecule has 0 atom stereocenters. The van der Waals surface area contributed by atoms with Crippen molar-refractivity contribution in [1.29, 1.82) is 0 Å². The maximum absolute atomic E-state index is 13.2. The van der Waals surface area contributed by atoms with Gasteiger partial charge in [0.1, 0.15) is 5.56 Å². The Hall–Kier alpha value is -1.85. The minimum absolute atomic E-state index is 0.164. The molecule has 0 unspecified atom stereocenters. The SMILES string of the molecule is O=C1c2cc(Cl)nnc2Oc2ccc(Cl)cc2N1CC1CCCCC1. The van der Waals surface area contributed by atoms with E-state index in [9.17, 15) is 4.79 Å². The Kier molecular flexibility index (Phi) is 4.52. The highest BCUT2D eigenvalue weighted by molar-refractivity contribution is 6.31. The summed E-state index contributed by atoms with van der Waals surface area (Å²) in [6, 6.07) is 6.76. The van der Waals surface area contributed by atoms with Crippen LogP contribution in [-0.2, 0) is 0 Å². The van der Waals surface area contributed by atoms with Gasteiger partial charge >= 0.3 is 0 Å². The van der Waals surface area contributed by atoms with Crippen molar-refractivity contribution in [1.82, 2.24) is 10.2 Å². The van der Waals surface area contributed by atoms with E-state index in [1.165, 1.54) is 25.3 Å². The van der Waals surface area contributed by atoms with E-state index in [-0.39, 0.29) is 16.9 Å². The van der Waals surface area contributed by atoms with Gasteiger partial charge in [0.2, 0.25) is 0 Å². The molecule has 1 amide bonds. The maximum Gasteiger partial charge on any atom is 0.264 e. The van der Waals surface area contributed by atoms with Crippen molar-refractivity contribution in [3.05, 3.63) is 40.0 Å². The quantitative estimate of drug-likeness (QED) is 0.728. The molecule has 7 heteroatoms. The van der Waals surface area contributed by atoms with Crippen LogP contribution >= 0.6 is 23.2 Å². The zero-order valence-electron chi connectivity index (χ0n) is 13.5. The molecule has 0 N–H and O–H groups in total. The Bertz CT molecular complexity index is 822. The van der Waals surface area contributed by atoms with Crippen molar-refractivity contribution in [3.8, 4) is 11.6 Å². The molecule has 1 fully saturated rings. The molecule has 2 aliphatic rings. The Morgan fingerprint density at radius 1 is 1.12 bits per heavy atom. The van der Waals surface area contributed by atoms with Crippen LogP contribution in [0.4, 0.5) is 5.69 Å². The van der Waals surface area contributed by atoms with Crippen LogP contribution < -0.4 is 9.64 Å². The third-order valence-corrected chi connectivity index (χ3v) is 5.21. The molecule has 1 aliphatic heterocycles. The zero-order valence-corrected chi connectivity index (χ0v) is 15.1. The number of anilines is 1. The number of hydrogen-bond acceptors (Lipinski definition) is 4. The molecule has 2 heterocycles. The van der Waals surface area contributed by atoms with Crippen LogP contribution in [0.15, 0.2) is 24.3 Å². The van der Waals surface area contributed by atoms with Crippen LogP contribution in [0.3, 0.4) is 0 Å². The molecule has 1 aromatic heterocycles. The highest BCUT2D eigenvalue weighted by Crippen LogP contribution is 2.40. The lowest BCUT2D eigenvalue weighted by Gasteiger charge is -2.29. The topological polar surface area (TPSA) is 55.3 Å². The minimum Gasteiger partial charge on any atom is -0.435 e. The molecule has 1 saturated carbocycles. The third kappa shape index (κ3) is 3.31. The summed E-state index contributed by atoms with van der Waals surface area (Å²) in [4.78, 5) is 15.0. The lowest BCUT2D eigenvalue weighted by molar-refractivity contribution is 0.0980. The second-order valence-corrected chi connectivity index (χ2v) is 7.34. The summed E-state index contributed by atoms with van der Waals surface area (Å²) in [6.45, 7) is 0.634. The number of nitrogens with zero attached hydrogens (tertiary/aromatic N) is 3. The number of rotatable bonds is 2. The second-order valence-electron chi connectivity index (χ2n) is 6.52. The van der Waals surface area contributed by atoms with Gasteiger partial charge in [-0.25, -0.2) is 0 Å². The zero-order chi connectivity index (χ0) is 17.4. The molecule has 4 rings (SSSR count). The van der Waals surface area contributed by atoms with Gasteiger partial charge in [0.05, 0.1) is 5.69 Å². The number of aromatic nitrogens is 2. The van der Waals surface area contributed by atoms with Crippen molar-refractivity contribution in [2.24, 2.45) is 5.92 Å².